The van der Waals surface area contributed by atoms with Crippen molar-refractivity contribution in [3.63, 3.8) is 0 Å². The summed E-state index contributed by atoms with van der Waals surface area (Å²) in [6.45, 7) is 4.57. The average molecular weight is 914 g/mol. The van der Waals surface area contributed by atoms with Gasteiger partial charge in [-0.2, -0.15) is 0 Å². The van der Waals surface area contributed by atoms with Crippen LogP contribution in [0.15, 0.2) is 48.6 Å². The number of nitrogens with zero attached hydrogens (tertiary/aromatic N) is 1. The van der Waals surface area contributed by atoms with Gasteiger partial charge in [0.15, 0.2) is 6.10 Å². The van der Waals surface area contributed by atoms with Gasteiger partial charge in [-0.3, -0.25) is 9.59 Å². The molecule has 0 spiro atoms. The SMILES string of the molecule is CC/C=C/C/C=C/C/C=C/C/C=C/CCCCCCCCC(=O)OCC(COCCC(C(=O)[O-])[N+](C)(C)C)OC(=O)CCCCCCCCCCCCCCCCCCCCCCCC. The third kappa shape index (κ3) is 46.2. The van der Waals surface area contributed by atoms with E-state index in [9.17, 15) is 19.5 Å². The van der Waals surface area contributed by atoms with Gasteiger partial charge in [0, 0.05) is 19.3 Å². The van der Waals surface area contributed by atoms with E-state index in [0.717, 1.165) is 77.0 Å². The number of carboxylic acid groups (broad SMARTS) is 1. The Labute approximate surface area is 401 Å². The highest BCUT2D eigenvalue weighted by molar-refractivity contribution is 5.70. The first-order valence-electron chi connectivity index (χ1n) is 27.2. The number of aliphatic carboxylic acids is 1. The first-order chi connectivity index (χ1) is 31.6. The lowest BCUT2D eigenvalue weighted by Crippen LogP contribution is -2.55. The normalized spacial score (nSPS) is 13.2. The number of quaternary nitrogens is 1. The van der Waals surface area contributed by atoms with E-state index < -0.39 is 18.1 Å². The second-order valence-corrected chi connectivity index (χ2v) is 19.4. The van der Waals surface area contributed by atoms with Crippen LogP contribution in [-0.2, 0) is 28.6 Å². The Kier molecular flexibility index (Phi) is 45.8. The van der Waals surface area contributed by atoms with Gasteiger partial charge in [0.05, 0.1) is 40.3 Å². The molecule has 0 aromatic carbocycles. The van der Waals surface area contributed by atoms with Crippen molar-refractivity contribution in [1.82, 2.24) is 0 Å². The molecule has 378 valence electrons. The lowest BCUT2D eigenvalue weighted by molar-refractivity contribution is -0.889. The number of ether oxygens (including phenoxy) is 3. The standard InChI is InChI=1S/C57H103NO7/c1-6-8-10-12-14-16-18-20-22-24-26-27-28-30-32-34-36-38-40-42-44-46-48-56(60)65-53(51-63-50-49-54(57(61)62)58(3,4)5)52-64-55(59)47-45-43-41-39-37-35-33-31-29-25-23-21-19-17-15-13-11-9-7-2/h9,11,15,17,21,23,29,31,53-54H,6-8,10,12-14,16,18-20,22,24-28,30,32-52H2,1-5H3/b11-9+,17-15+,23-21+,31-29+. The molecule has 8 nitrogen and oxygen atoms in total. The van der Waals surface area contributed by atoms with Crippen molar-refractivity contribution in [3.05, 3.63) is 48.6 Å². The zero-order valence-electron chi connectivity index (χ0n) is 43.2. The zero-order valence-corrected chi connectivity index (χ0v) is 43.2. The van der Waals surface area contributed by atoms with E-state index in [4.69, 9.17) is 14.2 Å². The molecule has 8 heteroatoms. The first kappa shape index (κ1) is 62.3. The molecule has 0 amide bonds. The maximum absolute atomic E-state index is 12.8. The molecule has 2 unspecified atom stereocenters. The molecular formula is C57H103NO7. The molecule has 0 radical (unpaired) electrons. The zero-order chi connectivity index (χ0) is 47.7. The van der Waals surface area contributed by atoms with Crippen LogP contribution in [0.3, 0.4) is 0 Å². The molecule has 0 aromatic heterocycles. The van der Waals surface area contributed by atoms with E-state index in [1.54, 1.807) is 21.1 Å². The Morgan fingerprint density at radius 2 is 0.862 bits per heavy atom. The third-order valence-electron chi connectivity index (χ3n) is 12.2. The number of carboxylic acids is 1. The van der Waals surface area contributed by atoms with E-state index in [2.05, 4.69) is 62.5 Å². The van der Waals surface area contributed by atoms with E-state index in [-0.39, 0.29) is 42.7 Å². The molecular weight excluding hydrogens is 811 g/mol. The second-order valence-electron chi connectivity index (χ2n) is 19.4. The van der Waals surface area contributed by atoms with Crippen LogP contribution >= 0.6 is 0 Å². The van der Waals surface area contributed by atoms with Gasteiger partial charge in [0.25, 0.3) is 0 Å². The maximum atomic E-state index is 12.8. The van der Waals surface area contributed by atoms with Crippen molar-refractivity contribution in [1.29, 1.82) is 0 Å². The Hall–Kier alpha value is -2.71. The Bertz CT molecular complexity index is 1200. The summed E-state index contributed by atoms with van der Waals surface area (Å²) in [7, 11) is 5.42. The summed E-state index contributed by atoms with van der Waals surface area (Å²) in [5.41, 5.74) is 0. The molecule has 0 aliphatic carbocycles. The highest BCUT2D eigenvalue weighted by atomic mass is 16.6. The minimum Gasteiger partial charge on any atom is -0.544 e. The average Bonchev–Trinajstić information content (AvgIpc) is 3.27. The number of unbranched alkanes of at least 4 members (excludes halogenated alkanes) is 27. The van der Waals surface area contributed by atoms with E-state index in [1.165, 1.54) is 135 Å². The highest BCUT2D eigenvalue weighted by Gasteiger charge is 2.25. The number of hydrogen-bond acceptors (Lipinski definition) is 7. The van der Waals surface area contributed by atoms with Crippen molar-refractivity contribution in [2.45, 2.75) is 257 Å². The number of carbonyl (C=O) groups is 3. The molecule has 65 heavy (non-hydrogen) atoms. The van der Waals surface area contributed by atoms with Crippen LogP contribution in [0.5, 0.6) is 0 Å². The van der Waals surface area contributed by atoms with Crippen LogP contribution in [0, 0.1) is 0 Å². The molecule has 0 aliphatic rings. The van der Waals surface area contributed by atoms with Crippen molar-refractivity contribution < 1.29 is 38.2 Å². The molecule has 0 bridgehead atoms. The summed E-state index contributed by atoms with van der Waals surface area (Å²) in [6.07, 6.45) is 58.6. The monoisotopic (exact) mass is 914 g/mol. The summed E-state index contributed by atoms with van der Waals surface area (Å²) in [6, 6.07) is -0.728. The predicted molar refractivity (Wildman–Crippen MR) is 273 cm³/mol. The van der Waals surface area contributed by atoms with Crippen molar-refractivity contribution in [2.75, 3.05) is 41.0 Å². The number of likely N-dealkylation sites (N-methyl/N-ethyl adjacent to an activating group) is 1. The smallest absolute Gasteiger partial charge is 0.306 e. The Morgan fingerprint density at radius 1 is 0.477 bits per heavy atom. The van der Waals surface area contributed by atoms with Gasteiger partial charge in [-0.25, -0.2) is 0 Å². The fourth-order valence-corrected chi connectivity index (χ4v) is 8.06. The number of esters is 2. The predicted octanol–water partition coefficient (Wildman–Crippen LogP) is 14.6. The molecule has 0 aromatic rings. The molecule has 0 saturated heterocycles. The molecule has 0 saturated carbocycles. The number of allylic oxidation sites excluding steroid dienone is 8. The van der Waals surface area contributed by atoms with Crippen molar-refractivity contribution in [2.24, 2.45) is 0 Å². The fourth-order valence-electron chi connectivity index (χ4n) is 8.06. The van der Waals surface area contributed by atoms with Gasteiger partial charge in [0.2, 0.25) is 0 Å². The summed E-state index contributed by atoms with van der Waals surface area (Å²) in [5, 5.41) is 11.7. The quantitative estimate of drug-likeness (QED) is 0.0259. The fraction of sp³-hybridized carbons (Fsp3) is 0.807. The molecule has 2 atom stereocenters. The van der Waals surface area contributed by atoms with E-state index >= 15 is 0 Å². The van der Waals surface area contributed by atoms with Crippen LogP contribution in [0.4, 0.5) is 0 Å². The molecule has 0 heterocycles. The third-order valence-corrected chi connectivity index (χ3v) is 12.2. The minimum atomic E-state index is -1.12. The van der Waals surface area contributed by atoms with Gasteiger partial charge in [-0.05, 0) is 51.4 Å². The number of hydrogen-bond donors (Lipinski definition) is 0. The van der Waals surface area contributed by atoms with Crippen molar-refractivity contribution >= 4 is 17.9 Å². The summed E-state index contributed by atoms with van der Waals surface area (Å²) in [4.78, 5) is 37.1. The first-order valence-corrected chi connectivity index (χ1v) is 27.2. The maximum Gasteiger partial charge on any atom is 0.306 e. The van der Waals surface area contributed by atoms with Gasteiger partial charge in [-0.15, -0.1) is 0 Å². The summed E-state index contributed by atoms with van der Waals surface area (Å²) in [5.74, 6) is -1.74. The lowest BCUT2D eigenvalue weighted by Gasteiger charge is -2.34. The van der Waals surface area contributed by atoms with Gasteiger partial charge < -0.3 is 28.6 Å². The second kappa shape index (κ2) is 47.8. The minimum absolute atomic E-state index is 0.0379. The summed E-state index contributed by atoms with van der Waals surface area (Å²) >= 11 is 0. The van der Waals surface area contributed by atoms with Crippen molar-refractivity contribution in [3.8, 4) is 0 Å². The molecule has 0 aliphatic heterocycles. The number of rotatable bonds is 49. The van der Waals surface area contributed by atoms with Gasteiger partial charge >= 0.3 is 11.9 Å². The Morgan fingerprint density at radius 3 is 1.28 bits per heavy atom. The lowest BCUT2D eigenvalue weighted by atomic mass is 10.0. The molecule has 0 fully saturated rings. The molecule has 0 N–H and O–H groups in total. The van der Waals surface area contributed by atoms with E-state index in [1.807, 2.05) is 0 Å². The topological polar surface area (TPSA) is 102 Å². The number of carbonyl (C=O) groups excluding carboxylic acids is 3. The van der Waals surface area contributed by atoms with Gasteiger partial charge in [-0.1, -0.05) is 223 Å². The van der Waals surface area contributed by atoms with Crippen LogP contribution in [0.2, 0.25) is 0 Å². The highest BCUT2D eigenvalue weighted by Crippen LogP contribution is 2.17. The van der Waals surface area contributed by atoms with Crippen LogP contribution in [0.25, 0.3) is 0 Å². The van der Waals surface area contributed by atoms with Crippen LogP contribution < -0.4 is 5.11 Å². The molecule has 0 rings (SSSR count). The Balaban J connectivity index is 4.20. The van der Waals surface area contributed by atoms with Crippen LogP contribution in [-0.4, -0.2) is 75.5 Å². The van der Waals surface area contributed by atoms with Gasteiger partial charge in [0.1, 0.15) is 12.6 Å². The van der Waals surface area contributed by atoms with Crippen LogP contribution in [0.1, 0.15) is 245 Å². The van der Waals surface area contributed by atoms with E-state index in [0.29, 0.717) is 12.8 Å². The summed E-state index contributed by atoms with van der Waals surface area (Å²) < 4.78 is 17.3. The largest absolute Gasteiger partial charge is 0.544 e.